The number of hydrogen-bond donors (Lipinski definition) is 4. The molecular weight excluding hydrogens is 575 g/mol. The average molecular weight is 606 g/mol. The fourth-order valence-corrected chi connectivity index (χ4v) is 6.00. The Kier molecular flexibility index (Phi) is 7.54. The minimum Gasteiger partial charge on any atom is -0.497 e. The molecule has 0 radical (unpaired) electrons. The number of ether oxygens (including phenoxy) is 1. The predicted octanol–water partition coefficient (Wildman–Crippen LogP) is 5.16. The molecule has 1 aliphatic carbocycles. The number of anilines is 2. The lowest BCUT2D eigenvalue weighted by atomic mass is 9.91. The first-order valence-electron chi connectivity index (χ1n) is 14.1. The van der Waals surface area contributed by atoms with Gasteiger partial charge in [-0.3, -0.25) is 9.89 Å². The number of alkyl halides is 3. The highest BCUT2D eigenvalue weighted by molar-refractivity contribution is 6.10. The van der Waals surface area contributed by atoms with Crippen LogP contribution in [0.4, 0.5) is 24.5 Å². The van der Waals surface area contributed by atoms with Gasteiger partial charge in [-0.1, -0.05) is 30.3 Å². The molecule has 0 bridgehead atoms. The Morgan fingerprint density at radius 1 is 1.07 bits per heavy atom. The zero-order chi connectivity index (χ0) is 31.1. The summed E-state index contributed by atoms with van der Waals surface area (Å²) in [6.07, 6.45) is -0.118. The summed E-state index contributed by atoms with van der Waals surface area (Å²) < 4.78 is 37.2. The van der Waals surface area contributed by atoms with Gasteiger partial charge < -0.3 is 25.4 Å². The minimum absolute atomic E-state index is 0.0806. The summed E-state index contributed by atoms with van der Waals surface area (Å²) in [5.41, 5.74) is 6.89. The van der Waals surface area contributed by atoms with Crippen LogP contribution >= 0.6 is 0 Å². The van der Waals surface area contributed by atoms with Gasteiger partial charge in [0.2, 0.25) is 5.91 Å². The van der Waals surface area contributed by atoms with Crippen molar-refractivity contribution in [2.24, 2.45) is 0 Å². The van der Waals surface area contributed by atoms with Crippen LogP contribution in [0.25, 0.3) is 23.1 Å². The topological polar surface area (TPSA) is 120 Å². The number of aliphatic carboxylic acids is 1. The second-order valence-electron chi connectivity index (χ2n) is 11.0. The number of aromatic amines is 1. The number of halogens is 3. The molecule has 228 valence electrons. The van der Waals surface area contributed by atoms with Gasteiger partial charge in [-0.25, -0.2) is 4.79 Å². The molecule has 1 aromatic heterocycles. The maximum Gasteiger partial charge on any atom is 0.490 e. The Labute approximate surface area is 250 Å². The number of H-pyrrole nitrogens is 1. The number of aromatic nitrogens is 2. The second kappa shape index (κ2) is 11.3. The Hall–Kier alpha value is -4.84. The summed E-state index contributed by atoms with van der Waals surface area (Å²) in [7, 11) is 1.66. The molecule has 2 fully saturated rings. The Morgan fingerprint density at radius 2 is 1.80 bits per heavy atom. The van der Waals surface area contributed by atoms with Crippen LogP contribution in [0.5, 0.6) is 5.75 Å². The van der Waals surface area contributed by atoms with Crippen molar-refractivity contribution in [3.8, 4) is 5.75 Å². The van der Waals surface area contributed by atoms with E-state index >= 15 is 0 Å². The first kappa shape index (κ1) is 29.2. The summed E-state index contributed by atoms with van der Waals surface area (Å²) in [4.78, 5) is 24.3. The Bertz CT molecular complexity index is 1750. The number of fused-ring (bicyclic) bond motifs is 3. The van der Waals surface area contributed by atoms with E-state index in [0.29, 0.717) is 0 Å². The van der Waals surface area contributed by atoms with E-state index in [1.807, 2.05) is 18.2 Å². The molecule has 9 nitrogen and oxygen atoms in total. The first-order chi connectivity index (χ1) is 21.1. The molecular formula is C32H30F3N5O4. The van der Waals surface area contributed by atoms with Crippen molar-refractivity contribution in [1.82, 2.24) is 15.5 Å². The van der Waals surface area contributed by atoms with Crippen LogP contribution in [0.1, 0.15) is 34.7 Å². The monoisotopic (exact) mass is 605 g/mol. The van der Waals surface area contributed by atoms with Crippen LogP contribution < -0.4 is 20.3 Å². The van der Waals surface area contributed by atoms with Crippen LogP contribution in [0.15, 0.2) is 60.7 Å². The van der Waals surface area contributed by atoms with Gasteiger partial charge in [-0.2, -0.15) is 18.3 Å². The van der Waals surface area contributed by atoms with E-state index in [2.05, 4.69) is 80.3 Å². The minimum atomic E-state index is -5.08. The zero-order valence-electron chi connectivity index (χ0n) is 23.7. The van der Waals surface area contributed by atoms with Crippen molar-refractivity contribution in [3.63, 3.8) is 0 Å². The molecule has 4 N–H and O–H groups in total. The van der Waals surface area contributed by atoms with Crippen molar-refractivity contribution in [3.05, 3.63) is 83.0 Å². The van der Waals surface area contributed by atoms with Crippen LogP contribution in [0.3, 0.4) is 0 Å². The third-order valence-electron chi connectivity index (χ3n) is 8.39. The van der Waals surface area contributed by atoms with Crippen LogP contribution in [-0.4, -0.2) is 66.6 Å². The van der Waals surface area contributed by atoms with Gasteiger partial charge in [0.1, 0.15) is 5.75 Å². The van der Waals surface area contributed by atoms with Crippen LogP contribution in [0.2, 0.25) is 0 Å². The fraction of sp³-hybridized carbons (Fsp3) is 0.281. The van der Waals surface area contributed by atoms with Gasteiger partial charge in [0, 0.05) is 48.9 Å². The molecule has 3 aromatic carbocycles. The molecule has 1 saturated heterocycles. The molecule has 3 heterocycles. The molecule has 2 atom stereocenters. The molecule has 1 saturated carbocycles. The fourth-order valence-electron chi connectivity index (χ4n) is 6.00. The quantitative estimate of drug-likeness (QED) is 0.248. The molecule has 1 spiro atoms. The average Bonchev–Trinajstić information content (AvgIpc) is 3.57. The van der Waals surface area contributed by atoms with Gasteiger partial charge in [-0.15, -0.1) is 0 Å². The van der Waals surface area contributed by atoms with E-state index in [-0.39, 0.29) is 11.8 Å². The van der Waals surface area contributed by atoms with E-state index in [4.69, 9.17) is 14.6 Å². The molecule has 1 amide bonds. The van der Waals surface area contributed by atoms with E-state index in [0.717, 1.165) is 77.3 Å². The van der Waals surface area contributed by atoms with Gasteiger partial charge >= 0.3 is 12.1 Å². The lowest BCUT2D eigenvalue weighted by Crippen LogP contribution is -2.43. The maximum atomic E-state index is 13.0. The largest absolute Gasteiger partial charge is 0.497 e. The number of carbonyl (C=O) groups is 2. The highest BCUT2D eigenvalue weighted by Gasteiger charge is 2.65. The van der Waals surface area contributed by atoms with Crippen LogP contribution in [0, 0.1) is 0 Å². The van der Waals surface area contributed by atoms with Crippen molar-refractivity contribution < 1.29 is 32.6 Å². The van der Waals surface area contributed by atoms with E-state index in [9.17, 15) is 18.0 Å². The highest BCUT2D eigenvalue weighted by atomic mass is 19.4. The number of benzene rings is 3. The second-order valence-corrected chi connectivity index (χ2v) is 11.0. The number of nitrogens with one attached hydrogen (secondary N) is 3. The number of rotatable bonds is 5. The first-order valence-corrected chi connectivity index (χ1v) is 14.1. The third-order valence-corrected chi connectivity index (χ3v) is 8.39. The number of hydrogen-bond acceptors (Lipinski definition) is 6. The summed E-state index contributed by atoms with van der Waals surface area (Å²) in [5.74, 6) is -1.76. The van der Waals surface area contributed by atoms with E-state index < -0.39 is 17.6 Å². The molecule has 2 aliphatic heterocycles. The van der Waals surface area contributed by atoms with E-state index in [1.54, 1.807) is 7.11 Å². The molecule has 3 aliphatic rings. The lowest BCUT2D eigenvalue weighted by Gasteiger charge is -2.29. The smallest absolute Gasteiger partial charge is 0.490 e. The van der Waals surface area contributed by atoms with Crippen molar-refractivity contribution in [1.29, 1.82) is 0 Å². The molecule has 4 aromatic rings. The number of carboxylic acids is 1. The van der Waals surface area contributed by atoms with Crippen LogP contribution in [-0.2, 0) is 15.0 Å². The summed E-state index contributed by atoms with van der Waals surface area (Å²) in [6.45, 7) is 4.16. The molecule has 44 heavy (non-hydrogen) atoms. The number of amides is 1. The Morgan fingerprint density at radius 3 is 2.48 bits per heavy atom. The standard InChI is InChI=1S/C30H29N5O2.C2HF3O2/c1-37-22-8-11-27-24(17-22)30(29(36)32-27)18-25(30)20-5-9-23-26(33-34-28(23)16-20)10-4-19-2-6-21(7-3-19)35-14-12-31-13-15-35;3-2(4,5)1(6)7/h2-11,16-17,25,31H,12-15,18H2,1H3,(H,32,36)(H,33,34);(H,6,7)/t25-,30-;/m0./s1. The summed E-state index contributed by atoms with van der Waals surface area (Å²) >= 11 is 0. The summed E-state index contributed by atoms with van der Waals surface area (Å²) in [6, 6.07) is 20.9. The zero-order valence-corrected chi connectivity index (χ0v) is 23.7. The van der Waals surface area contributed by atoms with Crippen molar-refractivity contribution in [2.75, 3.05) is 43.5 Å². The number of piperazine rings is 1. The van der Waals surface area contributed by atoms with Gasteiger partial charge in [0.15, 0.2) is 0 Å². The van der Waals surface area contributed by atoms with E-state index in [1.165, 1.54) is 5.69 Å². The van der Waals surface area contributed by atoms with Crippen molar-refractivity contribution in [2.45, 2.75) is 23.9 Å². The normalized spacial score (nSPS) is 20.8. The predicted molar refractivity (Wildman–Crippen MR) is 161 cm³/mol. The number of methoxy groups -OCH3 is 1. The van der Waals surface area contributed by atoms with Crippen molar-refractivity contribution >= 4 is 46.3 Å². The molecule has 7 rings (SSSR count). The summed E-state index contributed by atoms with van der Waals surface area (Å²) in [5, 5.41) is 22.4. The number of nitrogens with zero attached hydrogens (tertiary/aromatic N) is 2. The number of carboxylic acid groups (broad SMARTS) is 1. The van der Waals surface area contributed by atoms with Gasteiger partial charge in [-0.05, 0) is 65.6 Å². The third kappa shape index (κ3) is 5.48. The lowest BCUT2D eigenvalue weighted by molar-refractivity contribution is -0.192. The molecule has 0 unspecified atom stereocenters. The number of carbonyl (C=O) groups excluding carboxylic acids is 1. The Balaban J connectivity index is 0.000000441. The highest BCUT2D eigenvalue weighted by Crippen LogP contribution is 2.65. The maximum absolute atomic E-state index is 13.0. The van der Waals surface area contributed by atoms with Gasteiger partial charge in [0.25, 0.3) is 0 Å². The molecule has 12 heteroatoms. The SMILES string of the molecule is COc1ccc2c(c1)[C@]1(C[C@H]1c1ccc3c(C=Cc4ccc(N5CCNCC5)cc4)n[nH]c3c1)C(=O)N2.O=C(O)C(F)(F)F. The van der Waals surface area contributed by atoms with Gasteiger partial charge in [0.05, 0.1) is 23.7 Å².